The van der Waals surface area contributed by atoms with Gasteiger partial charge in [0.25, 0.3) is 5.91 Å². The molecule has 51 heavy (non-hydrogen) atoms. The molecule has 1 aromatic rings. The molecule has 14 nitrogen and oxygen atoms in total. The average molecular weight is 732 g/mol. The molecule has 0 bridgehead atoms. The van der Waals surface area contributed by atoms with Gasteiger partial charge in [-0.25, -0.2) is 18.0 Å². The molecule has 3 N–H and O–H groups in total. The smallest absolute Gasteiger partial charge is 0.410 e. The largest absolute Gasteiger partial charge is 0.444 e. The fourth-order valence-corrected chi connectivity index (χ4v) is 7.90. The second-order valence-electron chi connectivity index (χ2n) is 15.6. The Hall–Kier alpha value is -3.88. The third kappa shape index (κ3) is 9.32. The van der Waals surface area contributed by atoms with Crippen molar-refractivity contribution < 1.29 is 41.9 Å². The molecule has 5 rings (SSSR count). The first-order chi connectivity index (χ1) is 24.0. The molecule has 3 aliphatic heterocycles. The van der Waals surface area contributed by atoms with Crippen LogP contribution in [0.15, 0.2) is 24.3 Å². The van der Waals surface area contributed by atoms with Gasteiger partial charge in [0.15, 0.2) is 0 Å². The Morgan fingerprint density at radius 2 is 1.67 bits per heavy atom. The quantitative estimate of drug-likeness (QED) is 0.409. The fourth-order valence-electron chi connectivity index (χ4n) is 7.23. The Morgan fingerprint density at radius 3 is 2.35 bits per heavy atom. The summed E-state index contributed by atoms with van der Waals surface area (Å²) in [6, 6.07) is 5.69. The van der Waals surface area contributed by atoms with E-state index in [-0.39, 0.29) is 25.3 Å². The van der Waals surface area contributed by atoms with E-state index < -0.39 is 74.5 Å². The normalized spacial score (nSPS) is 27.5. The van der Waals surface area contributed by atoms with Gasteiger partial charge in [0.2, 0.25) is 21.8 Å². The molecule has 3 fully saturated rings. The van der Waals surface area contributed by atoms with E-state index in [1.807, 2.05) is 24.3 Å². The summed E-state index contributed by atoms with van der Waals surface area (Å²) >= 11 is 0. The molecule has 1 aromatic carbocycles. The van der Waals surface area contributed by atoms with Gasteiger partial charge in [-0.2, -0.15) is 0 Å². The third-order valence-corrected chi connectivity index (χ3v) is 12.0. The molecule has 1 aliphatic carbocycles. The lowest BCUT2D eigenvalue weighted by Crippen LogP contribution is -2.58. The number of hydrogen-bond donors (Lipinski definition) is 3. The molecule has 5 atom stereocenters. The van der Waals surface area contributed by atoms with Crippen LogP contribution in [0.25, 0.3) is 0 Å². The summed E-state index contributed by atoms with van der Waals surface area (Å²) < 4.78 is 39.0. The van der Waals surface area contributed by atoms with Crippen molar-refractivity contribution in [2.75, 3.05) is 13.1 Å². The first kappa shape index (κ1) is 38.4. The second-order valence-corrected chi connectivity index (χ2v) is 17.9. The summed E-state index contributed by atoms with van der Waals surface area (Å²) in [4.78, 5) is 71.4. The average Bonchev–Trinajstić information content (AvgIpc) is 3.58. The van der Waals surface area contributed by atoms with E-state index in [0.29, 0.717) is 38.8 Å². The van der Waals surface area contributed by atoms with Crippen molar-refractivity contribution in [3.05, 3.63) is 35.4 Å². The van der Waals surface area contributed by atoms with Crippen LogP contribution in [0.1, 0.15) is 104 Å². The lowest BCUT2D eigenvalue weighted by Gasteiger charge is -2.30. The number of sulfonamides is 1. The molecular formula is C36H53N5O9S. The van der Waals surface area contributed by atoms with Gasteiger partial charge >= 0.3 is 12.2 Å². The monoisotopic (exact) mass is 731 g/mol. The topological polar surface area (TPSA) is 181 Å². The lowest BCUT2D eigenvalue weighted by molar-refractivity contribution is -0.141. The van der Waals surface area contributed by atoms with Crippen molar-refractivity contribution in [2.45, 2.75) is 140 Å². The maximum Gasteiger partial charge on any atom is 0.410 e. The third-order valence-electron chi connectivity index (χ3n) is 10.3. The van der Waals surface area contributed by atoms with Crippen LogP contribution < -0.4 is 15.4 Å². The van der Waals surface area contributed by atoms with Crippen LogP contribution in [0.4, 0.5) is 9.59 Å². The molecule has 0 radical (unpaired) electrons. The number of carbonyl (C=O) groups excluding carboxylic acids is 5. The van der Waals surface area contributed by atoms with Crippen molar-refractivity contribution >= 4 is 39.9 Å². The van der Waals surface area contributed by atoms with Crippen molar-refractivity contribution in [3.63, 3.8) is 0 Å². The summed E-state index contributed by atoms with van der Waals surface area (Å²) in [7, 11) is -3.98. The zero-order chi connectivity index (χ0) is 37.1. The zero-order valence-electron chi connectivity index (χ0n) is 30.4. The highest BCUT2D eigenvalue weighted by Gasteiger charge is 2.62. The van der Waals surface area contributed by atoms with Crippen LogP contribution in [0.2, 0.25) is 0 Å². The fraction of sp³-hybridized carbons (Fsp3) is 0.694. The van der Waals surface area contributed by atoms with Crippen molar-refractivity contribution in [1.29, 1.82) is 0 Å². The number of alkyl carbamates (subject to hydrolysis) is 1. The number of fused-ring (bicyclic) bond motifs is 3. The van der Waals surface area contributed by atoms with Crippen LogP contribution in [-0.2, 0) is 46.8 Å². The molecule has 2 saturated heterocycles. The van der Waals surface area contributed by atoms with Crippen molar-refractivity contribution in [1.82, 2.24) is 25.2 Å². The number of nitrogens with one attached hydrogen (secondary N) is 3. The van der Waals surface area contributed by atoms with Crippen LogP contribution >= 0.6 is 0 Å². The van der Waals surface area contributed by atoms with Crippen LogP contribution in [-0.4, -0.2) is 95.8 Å². The lowest BCUT2D eigenvalue weighted by atomic mass is 10.0. The Balaban J connectivity index is 1.40. The van der Waals surface area contributed by atoms with E-state index in [1.54, 1.807) is 25.7 Å². The Morgan fingerprint density at radius 1 is 1.00 bits per heavy atom. The van der Waals surface area contributed by atoms with E-state index in [0.717, 1.165) is 36.8 Å². The summed E-state index contributed by atoms with van der Waals surface area (Å²) in [5, 5.41) is 4.70. The number of rotatable bonds is 5. The minimum absolute atomic E-state index is 0.0421. The molecule has 4 aliphatic rings. The molecule has 5 amide bonds. The number of carbonyl (C=O) groups is 5. The number of amides is 5. The number of ether oxygens (including phenoxy) is 2. The predicted molar refractivity (Wildman–Crippen MR) is 188 cm³/mol. The van der Waals surface area contributed by atoms with E-state index >= 15 is 0 Å². The molecule has 0 spiro atoms. The van der Waals surface area contributed by atoms with Gasteiger partial charge in [-0.1, -0.05) is 56.4 Å². The van der Waals surface area contributed by atoms with Gasteiger partial charge < -0.3 is 29.9 Å². The molecule has 282 valence electrons. The second kappa shape index (κ2) is 15.4. The predicted octanol–water partition coefficient (Wildman–Crippen LogP) is 3.52. The Labute approximate surface area is 300 Å². The summed E-state index contributed by atoms with van der Waals surface area (Å²) in [6.07, 6.45) is 3.55. The SMILES string of the molecule is CC(C)S(=O)(=O)NC(=O)[C@@]12C[C@H]1CCCCCCC[C@H](NC(=O)OC(C)(C)C)C(=O)N1C[C@H](OC(=O)N3CCc4ccccc4C3)C[C@H]1C(=O)N2. The highest BCUT2D eigenvalue weighted by atomic mass is 32.2. The van der Waals surface area contributed by atoms with Crippen LogP contribution in [0.5, 0.6) is 0 Å². The van der Waals surface area contributed by atoms with Gasteiger partial charge in [0.1, 0.15) is 29.3 Å². The molecule has 0 unspecified atom stereocenters. The van der Waals surface area contributed by atoms with Crippen LogP contribution in [0, 0.1) is 5.92 Å². The molecule has 3 heterocycles. The number of hydrogen-bond acceptors (Lipinski definition) is 9. The summed E-state index contributed by atoms with van der Waals surface area (Å²) in [5.41, 5.74) is -0.0854. The van der Waals surface area contributed by atoms with Gasteiger partial charge in [0.05, 0.1) is 11.8 Å². The molecule has 15 heteroatoms. The Kier molecular flexibility index (Phi) is 11.6. The summed E-state index contributed by atoms with van der Waals surface area (Å²) in [5.74, 6) is -2.27. The van der Waals surface area contributed by atoms with E-state index in [2.05, 4.69) is 15.4 Å². The first-order valence-electron chi connectivity index (χ1n) is 18.2. The molecular weight excluding hydrogens is 678 g/mol. The number of nitrogens with zero attached hydrogens (tertiary/aromatic N) is 2. The van der Waals surface area contributed by atoms with Gasteiger partial charge in [0, 0.05) is 19.5 Å². The van der Waals surface area contributed by atoms with E-state index in [1.165, 1.54) is 18.7 Å². The maximum absolute atomic E-state index is 14.3. The van der Waals surface area contributed by atoms with Crippen molar-refractivity contribution in [2.24, 2.45) is 5.92 Å². The minimum Gasteiger partial charge on any atom is -0.444 e. The standard InChI is InChI=1S/C36H53N5O9S/c1-23(2)51(47,48)39-32(44)36-20-26(36)15-9-7-6-8-10-16-28(37-33(45)50-35(3,4)5)31(43)41-22-27(19-29(41)30(42)38-36)49-34(46)40-18-17-24-13-11-12-14-25(24)21-40/h11-14,23,26-29H,6-10,15-22H2,1-5H3,(H,37,45)(H,38,42)(H,39,44)/t26-,27-,28+,29+,36-/m1/s1. The van der Waals surface area contributed by atoms with Crippen LogP contribution in [0.3, 0.4) is 0 Å². The molecule has 0 aromatic heterocycles. The van der Waals surface area contributed by atoms with E-state index in [9.17, 15) is 32.4 Å². The zero-order valence-corrected chi connectivity index (χ0v) is 31.2. The van der Waals surface area contributed by atoms with Gasteiger partial charge in [-0.05, 0) is 77.3 Å². The number of benzene rings is 1. The van der Waals surface area contributed by atoms with Gasteiger partial charge in [-0.15, -0.1) is 0 Å². The van der Waals surface area contributed by atoms with Gasteiger partial charge in [-0.3, -0.25) is 19.1 Å². The highest BCUT2D eigenvalue weighted by molar-refractivity contribution is 7.90. The van der Waals surface area contributed by atoms with Crippen molar-refractivity contribution in [3.8, 4) is 0 Å². The summed E-state index contributed by atoms with van der Waals surface area (Å²) in [6.45, 7) is 8.79. The highest BCUT2D eigenvalue weighted by Crippen LogP contribution is 2.48. The first-order valence-corrected chi connectivity index (χ1v) is 19.7. The maximum atomic E-state index is 14.3. The molecule has 1 saturated carbocycles. The Bertz CT molecular complexity index is 1610. The minimum atomic E-state index is -3.98. The van der Waals surface area contributed by atoms with E-state index in [4.69, 9.17) is 9.47 Å².